The van der Waals surface area contributed by atoms with Crippen molar-refractivity contribution < 1.29 is 0 Å². The summed E-state index contributed by atoms with van der Waals surface area (Å²) < 4.78 is 1.58. The third kappa shape index (κ3) is 1.48. The fourth-order valence-corrected chi connectivity index (χ4v) is 1.85. The van der Waals surface area contributed by atoms with Gasteiger partial charge in [0.2, 0.25) is 0 Å². The molecule has 5 heteroatoms. The summed E-state index contributed by atoms with van der Waals surface area (Å²) >= 11 is 0. The molecule has 5 nitrogen and oxygen atoms in total. The van der Waals surface area contributed by atoms with Crippen LogP contribution < -0.4 is 5.73 Å². The molecule has 0 fully saturated rings. The maximum Gasteiger partial charge on any atom is 0.125 e. The Kier molecular flexibility index (Phi) is 2.21. The first-order chi connectivity index (χ1) is 8.79. The third-order valence-electron chi connectivity index (χ3n) is 2.75. The Morgan fingerprint density at radius 2 is 1.94 bits per heavy atom. The van der Waals surface area contributed by atoms with Gasteiger partial charge in [0.05, 0.1) is 16.8 Å². The van der Waals surface area contributed by atoms with Gasteiger partial charge in [-0.1, -0.05) is 0 Å². The van der Waals surface area contributed by atoms with E-state index < -0.39 is 0 Å². The molecule has 0 radical (unpaired) electrons. The Morgan fingerprint density at radius 1 is 1.17 bits per heavy atom. The molecule has 3 aromatic rings. The standard InChI is InChI=1S/C13H9N5/c14-8-10-1-2-13(15)18-12(10)7-11(17-18)9-3-5-16-6-4-9/h1-7H,15H2. The summed E-state index contributed by atoms with van der Waals surface area (Å²) in [5, 5.41) is 13.5. The molecule has 0 amide bonds. The van der Waals surface area contributed by atoms with E-state index in [1.807, 2.05) is 18.2 Å². The summed E-state index contributed by atoms with van der Waals surface area (Å²) in [5.41, 5.74) is 8.83. The molecule has 0 bridgehead atoms. The van der Waals surface area contributed by atoms with Crippen molar-refractivity contribution in [2.45, 2.75) is 0 Å². The minimum absolute atomic E-state index is 0.504. The quantitative estimate of drug-likeness (QED) is 0.698. The van der Waals surface area contributed by atoms with Crippen LogP contribution in [0, 0.1) is 11.3 Å². The van der Waals surface area contributed by atoms with Crippen molar-refractivity contribution in [2.24, 2.45) is 0 Å². The van der Waals surface area contributed by atoms with E-state index in [1.54, 1.807) is 29.0 Å². The number of nitrogen functional groups attached to an aromatic ring is 1. The highest BCUT2D eigenvalue weighted by Crippen LogP contribution is 2.22. The number of aromatic nitrogens is 3. The Balaban J connectivity index is 2.30. The number of rotatable bonds is 1. The van der Waals surface area contributed by atoms with Crippen molar-refractivity contribution in [3.8, 4) is 17.3 Å². The highest BCUT2D eigenvalue weighted by Gasteiger charge is 2.09. The van der Waals surface area contributed by atoms with Gasteiger partial charge in [-0.25, -0.2) is 4.52 Å². The Bertz CT molecular complexity index is 752. The first-order valence-corrected chi connectivity index (χ1v) is 5.38. The maximum atomic E-state index is 9.06. The molecule has 3 rings (SSSR count). The molecule has 2 N–H and O–H groups in total. The second-order valence-corrected chi connectivity index (χ2v) is 3.85. The number of nitriles is 1. The van der Waals surface area contributed by atoms with Crippen LogP contribution in [0.2, 0.25) is 0 Å². The fourth-order valence-electron chi connectivity index (χ4n) is 1.85. The SMILES string of the molecule is N#Cc1ccc(N)n2nc(-c3ccncc3)cc12. The lowest BCUT2D eigenvalue weighted by Crippen LogP contribution is -1.99. The van der Waals surface area contributed by atoms with E-state index in [-0.39, 0.29) is 0 Å². The maximum absolute atomic E-state index is 9.06. The molecule has 0 atom stereocenters. The molecule has 0 aliphatic rings. The monoisotopic (exact) mass is 235 g/mol. The van der Waals surface area contributed by atoms with Crippen molar-refractivity contribution in [2.75, 3.05) is 5.73 Å². The number of fused-ring (bicyclic) bond motifs is 1. The molecule has 3 aromatic heterocycles. The largest absolute Gasteiger partial charge is 0.384 e. The number of pyridine rings is 2. The van der Waals surface area contributed by atoms with Gasteiger partial charge in [0.25, 0.3) is 0 Å². The zero-order valence-electron chi connectivity index (χ0n) is 9.41. The molecule has 86 valence electrons. The molecular formula is C13H9N5. The van der Waals surface area contributed by atoms with Gasteiger partial charge in [0.1, 0.15) is 11.9 Å². The molecule has 0 saturated carbocycles. The van der Waals surface area contributed by atoms with Crippen LogP contribution in [-0.4, -0.2) is 14.6 Å². The van der Waals surface area contributed by atoms with Crippen LogP contribution >= 0.6 is 0 Å². The van der Waals surface area contributed by atoms with E-state index in [4.69, 9.17) is 11.0 Å². The number of hydrogen-bond acceptors (Lipinski definition) is 4. The van der Waals surface area contributed by atoms with Crippen LogP contribution in [0.1, 0.15) is 5.56 Å². The average Bonchev–Trinajstić information content (AvgIpc) is 2.86. The van der Waals surface area contributed by atoms with E-state index in [9.17, 15) is 0 Å². The second kappa shape index (κ2) is 3.86. The summed E-state index contributed by atoms with van der Waals surface area (Å²) in [6.45, 7) is 0. The summed E-state index contributed by atoms with van der Waals surface area (Å²) in [5.74, 6) is 0.504. The Morgan fingerprint density at radius 3 is 2.67 bits per heavy atom. The normalized spacial score (nSPS) is 10.4. The highest BCUT2D eigenvalue weighted by molar-refractivity contribution is 5.72. The predicted molar refractivity (Wildman–Crippen MR) is 67.6 cm³/mol. The van der Waals surface area contributed by atoms with E-state index in [1.165, 1.54) is 0 Å². The average molecular weight is 235 g/mol. The lowest BCUT2D eigenvalue weighted by molar-refractivity contribution is 0.976. The van der Waals surface area contributed by atoms with Gasteiger partial charge >= 0.3 is 0 Å². The zero-order chi connectivity index (χ0) is 12.5. The smallest absolute Gasteiger partial charge is 0.125 e. The zero-order valence-corrected chi connectivity index (χ0v) is 9.41. The van der Waals surface area contributed by atoms with Crippen LogP contribution in [0.5, 0.6) is 0 Å². The van der Waals surface area contributed by atoms with Crippen molar-refractivity contribution in [3.05, 3.63) is 48.3 Å². The summed E-state index contributed by atoms with van der Waals surface area (Å²) in [6, 6.07) is 11.1. The van der Waals surface area contributed by atoms with E-state index in [2.05, 4.69) is 16.2 Å². The van der Waals surface area contributed by atoms with Crippen molar-refractivity contribution in [1.82, 2.24) is 14.6 Å². The number of nitrogens with two attached hydrogens (primary N) is 1. The summed E-state index contributed by atoms with van der Waals surface area (Å²) in [4.78, 5) is 3.96. The van der Waals surface area contributed by atoms with Gasteiger partial charge in [-0.05, 0) is 30.3 Å². The van der Waals surface area contributed by atoms with Crippen LogP contribution in [0.3, 0.4) is 0 Å². The highest BCUT2D eigenvalue weighted by atomic mass is 15.3. The Labute approximate surface area is 103 Å². The van der Waals surface area contributed by atoms with Crippen LogP contribution in [0.25, 0.3) is 16.8 Å². The van der Waals surface area contributed by atoms with E-state index >= 15 is 0 Å². The second-order valence-electron chi connectivity index (χ2n) is 3.85. The number of nitrogens with zero attached hydrogens (tertiary/aromatic N) is 4. The molecule has 3 heterocycles. The third-order valence-corrected chi connectivity index (χ3v) is 2.75. The topological polar surface area (TPSA) is 80.0 Å². The first-order valence-electron chi connectivity index (χ1n) is 5.38. The summed E-state index contributed by atoms with van der Waals surface area (Å²) in [7, 11) is 0. The van der Waals surface area contributed by atoms with E-state index in [0.29, 0.717) is 16.9 Å². The van der Waals surface area contributed by atoms with Crippen LogP contribution in [0.4, 0.5) is 5.82 Å². The van der Waals surface area contributed by atoms with Crippen molar-refractivity contribution >= 4 is 11.3 Å². The molecule has 18 heavy (non-hydrogen) atoms. The van der Waals surface area contributed by atoms with Crippen LogP contribution in [0.15, 0.2) is 42.7 Å². The molecule has 0 aliphatic carbocycles. The molecule has 0 aromatic carbocycles. The van der Waals surface area contributed by atoms with Gasteiger partial charge in [-0.3, -0.25) is 4.98 Å². The number of anilines is 1. The lowest BCUT2D eigenvalue weighted by Gasteiger charge is -1.98. The van der Waals surface area contributed by atoms with Gasteiger partial charge in [-0.15, -0.1) is 0 Å². The summed E-state index contributed by atoms with van der Waals surface area (Å²) in [6.07, 6.45) is 3.40. The minimum Gasteiger partial charge on any atom is -0.384 e. The molecule has 0 unspecified atom stereocenters. The lowest BCUT2D eigenvalue weighted by atomic mass is 10.2. The van der Waals surface area contributed by atoms with Gasteiger partial charge in [-0.2, -0.15) is 10.4 Å². The Hall–Kier alpha value is -2.87. The fraction of sp³-hybridized carbons (Fsp3) is 0. The van der Waals surface area contributed by atoms with Gasteiger partial charge in [0, 0.05) is 18.0 Å². The van der Waals surface area contributed by atoms with Gasteiger partial charge in [0.15, 0.2) is 0 Å². The molecule has 0 saturated heterocycles. The molecule has 0 spiro atoms. The van der Waals surface area contributed by atoms with Crippen LogP contribution in [-0.2, 0) is 0 Å². The van der Waals surface area contributed by atoms with Crippen molar-refractivity contribution in [1.29, 1.82) is 5.26 Å². The number of hydrogen-bond donors (Lipinski definition) is 1. The first kappa shape index (κ1) is 10.3. The van der Waals surface area contributed by atoms with E-state index in [0.717, 1.165) is 11.3 Å². The van der Waals surface area contributed by atoms with Crippen molar-refractivity contribution in [3.63, 3.8) is 0 Å². The van der Waals surface area contributed by atoms with Gasteiger partial charge < -0.3 is 5.73 Å². The molecule has 0 aliphatic heterocycles. The minimum atomic E-state index is 0.504. The predicted octanol–water partition coefficient (Wildman–Crippen LogP) is 1.85. The molecular weight excluding hydrogens is 226 g/mol.